The summed E-state index contributed by atoms with van der Waals surface area (Å²) in [7, 11) is 0. The fraction of sp³-hybridized carbons (Fsp3) is 0.0732. The van der Waals surface area contributed by atoms with Gasteiger partial charge in [0.2, 0.25) is 0 Å². The second-order valence-electron chi connectivity index (χ2n) is 12.2. The molecule has 0 amide bonds. The Balaban J connectivity index is 1.32. The molecule has 0 unspecified atom stereocenters. The number of rotatable bonds is 3. The van der Waals surface area contributed by atoms with E-state index in [9.17, 15) is 0 Å². The van der Waals surface area contributed by atoms with Crippen LogP contribution in [-0.2, 0) is 5.41 Å². The molecular weight excluding hydrogens is 585 g/mol. The summed E-state index contributed by atoms with van der Waals surface area (Å²) in [5.41, 5.74) is 9.02. The molecule has 0 atom stereocenters. The van der Waals surface area contributed by atoms with Gasteiger partial charge < -0.3 is 0 Å². The average molecular weight is 615 g/mol. The summed E-state index contributed by atoms with van der Waals surface area (Å²) in [4.78, 5) is 2.47. The van der Waals surface area contributed by atoms with Gasteiger partial charge in [-0.1, -0.05) is 0 Å². The maximum absolute atomic E-state index is 2.47. The third kappa shape index (κ3) is 3.58. The first-order chi connectivity index (χ1) is 21.1. The molecule has 9 rings (SSSR count). The van der Waals surface area contributed by atoms with Gasteiger partial charge in [0, 0.05) is 0 Å². The van der Waals surface area contributed by atoms with Crippen LogP contribution < -0.4 is 4.90 Å². The van der Waals surface area contributed by atoms with Crippen molar-refractivity contribution in [2.75, 3.05) is 4.90 Å². The van der Waals surface area contributed by atoms with Crippen molar-refractivity contribution in [3.05, 3.63) is 151 Å². The average Bonchev–Trinajstić information content (AvgIpc) is 3.54. The molecule has 0 fully saturated rings. The fourth-order valence-electron chi connectivity index (χ4n) is 7.37. The summed E-state index contributed by atoms with van der Waals surface area (Å²) in [6, 6.07) is 51.9. The zero-order valence-electron chi connectivity index (χ0n) is 24.1. The summed E-state index contributed by atoms with van der Waals surface area (Å²) in [6.45, 7) is 4.72. The van der Waals surface area contributed by atoms with Gasteiger partial charge in [0.05, 0.1) is 0 Å². The van der Waals surface area contributed by atoms with E-state index < -0.39 is 0 Å². The van der Waals surface area contributed by atoms with Gasteiger partial charge in [-0.05, 0) is 0 Å². The fourth-order valence-corrected chi connectivity index (χ4v) is 10.0. The first-order valence-corrected chi connectivity index (χ1v) is 16.7. The van der Waals surface area contributed by atoms with Crippen LogP contribution in [0.15, 0.2) is 140 Å². The Labute approximate surface area is 257 Å². The summed E-state index contributed by atoms with van der Waals surface area (Å²) in [5, 5.41) is 8.19. The molecule has 1 aliphatic rings. The van der Waals surface area contributed by atoms with Crippen LogP contribution in [0.5, 0.6) is 0 Å². The number of nitrogens with zero attached hydrogens (tertiary/aromatic N) is 1. The van der Waals surface area contributed by atoms with E-state index in [1.54, 1.807) is 0 Å². The van der Waals surface area contributed by atoms with Crippen molar-refractivity contribution in [2.24, 2.45) is 0 Å². The molecule has 0 saturated carbocycles. The number of para-hydroxylation sites is 1. The molecule has 0 bridgehead atoms. The molecular formula is C41H29NSe. The summed E-state index contributed by atoms with van der Waals surface area (Å²) in [5.74, 6) is 0. The van der Waals surface area contributed by atoms with E-state index in [1.807, 2.05) is 0 Å². The molecule has 0 N–H and O–H groups in total. The molecule has 1 heterocycles. The van der Waals surface area contributed by atoms with Crippen LogP contribution in [0.2, 0.25) is 0 Å². The molecule has 0 aliphatic heterocycles. The Bertz CT molecular complexity index is 2380. The van der Waals surface area contributed by atoms with Crippen molar-refractivity contribution in [3.8, 4) is 11.1 Å². The van der Waals surface area contributed by atoms with Crippen molar-refractivity contribution in [3.63, 3.8) is 0 Å². The van der Waals surface area contributed by atoms with Crippen molar-refractivity contribution in [2.45, 2.75) is 19.3 Å². The third-order valence-electron chi connectivity index (χ3n) is 9.43. The zero-order chi connectivity index (χ0) is 28.7. The zero-order valence-corrected chi connectivity index (χ0v) is 25.8. The van der Waals surface area contributed by atoms with Crippen molar-refractivity contribution >= 4 is 72.4 Å². The molecule has 0 spiro atoms. The van der Waals surface area contributed by atoms with Crippen LogP contribution in [0.25, 0.3) is 52.0 Å². The van der Waals surface area contributed by atoms with Crippen LogP contribution in [0.1, 0.15) is 25.0 Å². The predicted molar refractivity (Wildman–Crippen MR) is 186 cm³/mol. The SMILES string of the molecule is CC1(C)c2ccccc2-c2c(N(c3ccccc3)c3ccc4[se]c5c(ccc6ccc7ccccc7c65)c4c3)cccc21. The number of hydrogen-bond acceptors (Lipinski definition) is 1. The number of benzene rings is 7. The van der Waals surface area contributed by atoms with Crippen molar-refractivity contribution in [1.29, 1.82) is 0 Å². The number of hydrogen-bond donors (Lipinski definition) is 0. The van der Waals surface area contributed by atoms with Gasteiger partial charge in [-0.3, -0.25) is 0 Å². The van der Waals surface area contributed by atoms with Gasteiger partial charge >= 0.3 is 258 Å². The normalized spacial score (nSPS) is 13.5. The molecule has 8 aromatic rings. The Morgan fingerprint density at radius 2 is 1.28 bits per heavy atom. The van der Waals surface area contributed by atoms with E-state index in [1.165, 1.54) is 80.2 Å². The predicted octanol–water partition coefficient (Wildman–Crippen LogP) is 11.1. The molecule has 2 heteroatoms. The molecule has 7 aromatic carbocycles. The molecule has 0 saturated heterocycles. The van der Waals surface area contributed by atoms with E-state index in [4.69, 9.17) is 0 Å². The first kappa shape index (κ1) is 24.9. The monoisotopic (exact) mass is 615 g/mol. The topological polar surface area (TPSA) is 3.24 Å². The maximum atomic E-state index is 2.47. The van der Waals surface area contributed by atoms with Crippen LogP contribution in [-0.4, -0.2) is 14.5 Å². The van der Waals surface area contributed by atoms with Gasteiger partial charge in [-0.15, -0.1) is 0 Å². The molecule has 0 radical (unpaired) electrons. The Hall–Kier alpha value is -4.62. The van der Waals surface area contributed by atoms with E-state index in [-0.39, 0.29) is 19.9 Å². The second-order valence-corrected chi connectivity index (χ2v) is 14.4. The minimum absolute atomic E-state index is 0.0481. The van der Waals surface area contributed by atoms with Gasteiger partial charge in [-0.25, -0.2) is 0 Å². The molecule has 204 valence electrons. The Morgan fingerprint density at radius 3 is 2.19 bits per heavy atom. The second kappa shape index (κ2) is 9.19. The molecule has 43 heavy (non-hydrogen) atoms. The minimum atomic E-state index is -0.0481. The standard InChI is InChI=1S/C41H29NSe/c1-41(2)34-16-9-8-15-32(34)39-35(41)17-10-18-36(39)42(28-12-4-3-5-13-28)29-22-24-37-33(25-29)31-23-21-27-20-19-26-11-6-7-14-30(26)38(27)40(31)43-37/h3-25H,1-2H3. The van der Waals surface area contributed by atoms with Crippen LogP contribution >= 0.6 is 0 Å². The summed E-state index contributed by atoms with van der Waals surface area (Å²) in [6.07, 6.45) is 0. The van der Waals surface area contributed by atoms with Gasteiger partial charge in [0.1, 0.15) is 0 Å². The van der Waals surface area contributed by atoms with E-state index in [0.29, 0.717) is 0 Å². The van der Waals surface area contributed by atoms with Crippen LogP contribution in [0, 0.1) is 0 Å². The van der Waals surface area contributed by atoms with Crippen molar-refractivity contribution < 1.29 is 0 Å². The molecule has 1 aromatic heterocycles. The number of fused-ring (bicyclic) bond motifs is 10. The van der Waals surface area contributed by atoms with Gasteiger partial charge in [-0.2, -0.15) is 0 Å². The Morgan fingerprint density at radius 1 is 0.535 bits per heavy atom. The van der Waals surface area contributed by atoms with Crippen LogP contribution in [0.4, 0.5) is 17.1 Å². The summed E-state index contributed by atoms with van der Waals surface area (Å²) < 4.78 is 2.97. The number of anilines is 3. The van der Waals surface area contributed by atoms with E-state index in [0.717, 1.165) is 0 Å². The first-order valence-electron chi connectivity index (χ1n) is 14.9. The van der Waals surface area contributed by atoms with Gasteiger partial charge in [0.15, 0.2) is 0 Å². The Kier molecular flexibility index (Phi) is 5.33. The summed E-state index contributed by atoms with van der Waals surface area (Å²) >= 11 is 0.251. The van der Waals surface area contributed by atoms with Gasteiger partial charge in [0.25, 0.3) is 0 Å². The third-order valence-corrected chi connectivity index (χ3v) is 12.0. The van der Waals surface area contributed by atoms with E-state index in [2.05, 4.69) is 158 Å². The van der Waals surface area contributed by atoms with Crippen molar-refractivity contribution in [1.82, 2.24) is 0 Å². The molecule has 1 nitrogen and oxygen atoms in total. The quantitative estimate of drug-likeness (QED) is 0.141. The molecule has 1 aliphatic carbocycles. The van der Waals surface area contributed by atoms with E-state index >= 15 is 0 Å². The van der Waals surface area contributed by atoms with Crippen LogP contribution in [0.3, 0.4) is 0 Å².